The van der Waals surface area contributed by atoms with Crippen molar-refractivity contribution >= 4 is 17.7 Å². The lowest BCUT2D eigenvalue weighted by molar-refractivity contribution is -0.211. The number of amides is 1. The predicted molar refractivity (Wildman–Crippen MR) is 105 cm³/mol. The Morgan fingerprint density at radius 3 is 2.39 bits per heavy atom. The summed E-state index contributed by atoms with van der Waals surface area (Å²) in [5.41, 5.74) is -0.786. The highest BCUT2D eigenvalue weighted by molar-refractivity contribution is 7.99. The van der Waals surface area contributed by atoms with Gasteiger partial charge in [-0.05, 0) is 45.9 Å². The molecular formula is C18H34N2O7S. The number of carbonyl (C=O) groups excluding carboxylic acids is 1. The minimum Gasteiger partial charge on any atom is -0.393 e. The lowest BCUT2D eigenvalue weighted by Gasteiger charge is -2.44. The van der Waals surface area contributed by atoms with Crippen molar-refractivity contribution < 1.29 is 35.1 Å². The van der Waals surface area contributed by atoms with Crippen LogP contribution in [0.25, 0.3) is 0 Å². The van der Waals surface area contributed by atoms with Gasteiger partial charge in [0.2, 0.25) is 5.91 Å². The first-order valence-electron chi connectivity index (χ1n) is 9.66. The van der Waals surface area contributed by atoms with Gasteiger partial charge in [0, 0.05) is 6.54 Å². The first-order valence-corrected chi connectivity index (χ1v) is 10.9. The predicted octanol–water partition coefficient (Wildman–Crippen LogP) is -1.89. The van der Waals surface area contributed by atoms with Crippen molar-refractivity contribution in [1.29, 1.82) is 0 Å². The Hall–Kier alpha value is -0.460. The lowest BCUT2D eigenvalue weighted by Crippen LogP contribution is -2.65. The molecule has 0 radical (unpaired) electrons. The molecule has 2 fully saturated rings. The number of likely N-dealkylation sites (N-methyl/N-ethyl adjacent to an activating group) is 1. The topological polar surface area (TPSA) is 143 Å². The van der Waals surface area contributed by atoms with Gasteiger partial charge < -0.3 is 35.6 Å². The number of hydrogen-bond acceptors (Lipinski definition) is 9. The van der Waals surface area contributed by atoms with Crippen molar-refractivity contribution in [1.82, 2.24) is 10.2 Å². The molecule has 2 aliphatic heterocycles. The molecule has 0 saturated carbocycles. The standard InChI is InChI=1S/C18H34N2O7S/c1-8(21)5-10-6-11(20(3)7-10)17(26)19-12(9(2)22)16-14(24)13(23)15(25)18(27-16)28-4/h8-16,18,21-25H,5-7H2,1-4H3,(H,19,26)/t8?,9-,10-,11+,12-,13+,14-,15-,16-,18-/m1/s1. The van der Waals surface area contributed by atoms with E-state index < -0.39 is 54.1 Å². The van der Waals surface area contributed by atoms with Crippen molar-refractivity contribution in [3.8, 4) is 0 Å². The molecule has 164 valence electrons. The van der Waals surface area contributed by atoms with Crippen molar-refractivity contribution in [2.75, 3.05) is 19.8 Å². The molecule has 0 aromatic carbocycles. The maximum Gasteiger partial charge on any atom is 0.237 e. The zero-order valence-electron chi connectivity index (χ0n) is 16.8. The number of likely N-dealkylation sites (tertiary alicyclic amines) is 1. The number of aliphatic hydroxyl groups is 5. The van der Waals surface area contributed by atoms with E-state index in [0.717, 1.165) is 0 Å². The Bertz CT molecular complexity index is 522. The van der Waals surface area contributed by atoms with Crippen LogP contribution in [0.15, 0.2) is 0 Å². The molecule has 6 N–H and O–H groups in total. The number of thioether (sulfide) groups is 1. The Balaban J connectivity index is 2.09. The molecule has 28 heavy (non-hydrogen) atoms. The van der Waals surface area contributed by atoms with Gasteiger partial charge in [-0.15, -0.1) is 11.8 Å². The highest BCUT2D eigenvalue weighted by Crippen LogP contribution is 2.30. The molecule has 1 unspecified atom stereocenters. The van der Waals surface area contributed by atoms with Crippen LogP contribution in [0.2, 0.25) is 0 Å². The van der Waals surface area contributed by atoms with Crippen LogP contribution in [0.3, 0.4) is 0 Å². The molecule has 0 aromatic rings. The Morgan fingerprint density at radius 2 is 1.86 bits per heavy atom. The van der Waals surface area contributed by atoms with E-state index in [1.807, 2.05) is 11.9 Å². The zero-order chi connectivity index (χ0) is 21.2. The first-order chi connectivity index (χ1) is 13.1. The van der Waals surface area contributed by atoms with E-state index in [4.69, 9.17) is 4.74 Å². The summed E-state index contributed by atoms with van der Waals surface area (Å²) in [7, 11) is 1.83. The molecular weight excluding hydrogens is 388 g/mol. The number of aliphatic hydroxyl groups excluding tert-OH is 5. The maximum absolute atomic E-state index is 12.9. The van der Waals surface area contributed by atoms with E-state index >= 15 is 0 Å². The molecule has 0 bridgehead atoms. The van der Waals surface area contributed by atoms with Gasteiger partial charge in [-0.3, -0.25) is 9.69 Å². The van der Waals surface area contributed by atoms with Crippen LogP contribution >= 0.6 is 11.8 Å². The maximum atomic E-state index is 12.9. The number of nitrogens with one attached hydrogen (secondary N) is 1. The van der Waals surface area contributed by atoms with Crippen molar-refractivity contribution in [2.45, 2.75) is 80.8 Å². The van der Waals surface area contributed by atoms with Gasteiger partial charge in [-0.1, -0.05) is 0 Å². The molecule has 10 atom stereocenters. The Morgan fingerprint density at radius 1 is 1.21 bits per heavy atom. The first kappa shape index (κ1) is 23.8. The normalized spacial score (nSPS) is 40.1. The van der Waals surface area contributed by atoms with E-state index in [-0.39, 0.29) is 11.8 Å². The van der Waals surface area contributed by atoms with E-state index in [1.54, 1.807) is 13.2 Å². The average Bonchev–Trinajstić information content (AvgIpc) is 2.97. The van der Waals surface area contributed by atoms with Gasteiger partial charge in [-0.25, -0.2) is 0 Å². The fourth-order valence-corrected chi connectivity index (χ4v) is 4.85. The summed E-state index contributed by atoms with van der Waals surface area (Å²) in [6.45, 7) is 3.88. The molecule has 0 aromatic heterocycles. The molecule has 1 amide bonds. The van der Waals surface area contributed by atoms with Crippen molar-refractivity contribution in [2.24, 2.45) is 5.92 Å². The van der Waals surface area contributed by atoms with E-state index in [9.17, 15) is 30.3 Å². The summed E-state index contributed by atoms with van der Waals surface area (Å²) >= 11 is 1.17. The fraction of sp³-hybridized carbons (Fsp3) is 0.944. The second kappa shape index (κ2) is 10.0. The monoisotopic (exact) mass is 422 g/mol. The van der Waals surface area contributed by atoms with Gasteiger partial charge in [0.25, 0.3) is 0 Å². The Kier molecular flexibility index (Phi) is 8.53. The van der Waals surface area contributed by atoms with Crippen LogP contribution in [0.1, 0.15) is 26.7 Å². The minimum atomic E-state index is -1.46. The average molecular weight is 423 g/mol. The van der Waals surface area contributed by atoms with Crippen LogP contribution in [0, 0.1) is 5.92 Å². The summed E-state index contributed by atoms with van der Waals surface area (Å²) in [6.07, 6.45) is -3.84. The smallest absolute Gasteiger partial charge is 0.237 e. The Labute approximate surface area is 170 Å². The second-order valence-electron chi connectivity index (χ2n) is 8.09. The van der Waals surface area contributed by atoms with Gasteiger partial charge in [0.15, 0.2) is 0 Å². The molecule has 10 heteroatoms. The summed E-state index contributed by atoms with van der Waals surface area (Å²) in [5, 5.41) is 53.1. The van der Waals surface area contributed by atoms with Crippen molar-refractivity contribution in [3.63, 3.8) is 0 Å². The fourth-order valence-electron chi connectivity index (χ4n) is 4.17. The summed E-state index contributed by atoms with van der Waals surface area (Å²) in [6, 6.07) is -1.37. The summed E-state index contributed by atoms with van der Waals surface area (Å²) < 4.78 is 5.70. The third-order valence-corrected chi connectivity index (χ3v) is 6.49. The van der Waals surface area contributed by atoms with Gasteiger partial charge in [0.1, 0.15) is 29.9 Å². The highest BCUT2D eigenvalue weighted by Gasteiger charge is 2.48. The molecule has 9 nitrogen and oxygen atoms in total. The molecule has 2 aliphatic rings. The third kappa shape index (κ3) is 5.37. The van der Waals surface area contributed by atoms with E-state index in [0.29, 0.717) is 19.4 Å². The minimum absolute atomic E-state index is 0.195. The van der Waals surface area contributed by atoms with Crippen molar-refractivity contribution in [3.05, 3.63) is 0 Å². The van der Waals surface area contributed by atoms with Crippen LogP contribution in [0.5, 0.6) is 0 Å². The zero-order valence-corrected chi connectivity index (χ0v) is 17.6. The van der Waals surface area contributed by atoms with Crippen LogP contribution in [0.4, 0.5) is 0 Å². The summed E-state index contributed by atoms with van der Waals surface area (Å²) in [4.78, 5) is 14.8. The molecule has 0 spiro atoms. The molecule has 2 heterocycles. The van der Waals surface area contributed by atoms with E-state index in [1.165, 1.54) is 18.7 Å². The lowest BCUT2D eigenvalue weighted by atomic mass is 9.92. The second-order valence-corrected chi connectivity index (χ2v) is 9.03. The number of carbonyl (C=O) groups is 1. The summed E-state index contributed by atoms with van der Waals surface area (Å²) in [5.74, 6) is -0.112. The number of hydrogen-bond donors (Lipinski definition) is 6. The quantitative estimate of drug-likeness (QED) is 0.278. The SMILES string of the molecule is CS[C@H]1O[C@H]([C@H](NC(=O)[C@@H]2C[C@@H](CC(C)O)CN2C)[C@@H](C)O)[C@H](O)[C@H](O)[C@H]1O. The number of ether oxygens (including phenoxy) is 1. The van der Waals surface area contributed by atoms with Gasteiger partial charge in [0.05, 0.1) is 24.3 Å². The third-order valence-electron chi connectivity index (χ3n) is 5.63. The number of nitrogens with zero attached hydrogens (tertiary/aromatic N) is 1. The van der Waals surface area contributed by atoms with Crippen LogP contribution < -0.4 is 5.32 Å². The van der Waals surface area contributed by atoms with Gasteiger partial charge in [-0.2, -0.15) is 0 Å². The highest BCUT2D eigenvalue weighted by atomic mass is 32.2. The van der Waals surface area contributed by atoms with E-state index in [2.05, 4.69) is 5.32 Å². The van der Waals surface area contributed by atoms with Crippen LogP contribution in [-0.4, -0.2) is 110 Å². The largest absolute Gasteiger partial charge is 0.393 e. The van der Waals surface area contributed by atoms with Crippen LogP contribution in [-0.2, 0) is 9.53 Å². The van der Waals surface area contributed by atoms with Gasteiger partial charge >= 0.3 is 0 Å². The molecule has 2 saturated heterocycles. The molecule has 0 aliphatic carbocycles. The number of rotatable bonds is 7. The molecule has 2 rings (SSSR count).